The summed E-state index contributed by atoms with van der Waals surface area (Å²) in [6, 6.07) is 0. The van der Waals surface area contributed by atoms with Crippen molar-refractivity contribution < 1.29 is 9.47 Å². The number of ether oxygens (including phenoxy) is 2. The summed E-state index contributed by atoms with van der Waals surface area (Å²) in [5, 5.41) is 7.36. The molecule has 0 spiro atoms. The number of aromatic nitrogens is 2. The molecule has 0 aliphatic carbocycles. The fraction of sp³-hybridized carbons (Fsp3) is 0.727. The molecule has 0 saturated heterocycles. The third-order valence-electron chi connectivity index (χ3n) is 2.11. The Balaban J connectivity index is 1.98. The zero-order chi connectivity index (χ0) is 11.6. The van der Waals surface area contributed by atoms with E-state index in [0.717, 1.165) is 38.6 Å². The Morgan fingerprint density at radius 2 is 2.12 bits per heavy atom. The molecule has 0 aliphatic heterocycles. The largest absolute Gasteiger partial charge is 0.489 e. The first-order valence-electron chi connectivity index (χ1n) is 5.80. The molecule has 92 valence electrons. The van der Waals surface area contributed by atoms with Crippen LogP contribution in [0.5, 0.6) is 5.75 Å². The number of hydrogen-bond donors (Lipinski definition) is 1. The van der Waals surface area contributed by atoms with E-state index in [2.05, 4.69) is 10.4 Å². The van der Waals surface area contributed by atoms with Gasteiger partial charge in [0.15, 0.2) is 5.75 Å². The third-order valence-corrected chi connectivity index (χ3v) is 2.11. The van der Waals surface area contributed by atoms with Crippen molar-refractivity contribution in [2.24, 2.45) is 0 Å². The molecule has 0 amide bonds. The van der Waals surface area contributed by atoms with Crippen molar-refractivity contribution in [3.05, 3.63) is 12.4 Å². The fourth-order valence-electron chi connectivity index (χ4n) is 1.25. The van der Waals surface area contributed by atoms with E-state index < -0.39 is 0 Å². The van der Waals surface area contributed by atoms with E-state index in [-0.39, 0.29) is 0 Å². The van der Waals surface area contributed by atoms with Crippen LogP contribution in [0.15, 0.2) is 12.4 Å². The smallest absolute Gasteiger partial charge is 0.157 e. The molecule has 1 aromatic rings. The predicted molar refractivity (Wildman–Crippen MR) is 62.8 cm³/mol. The van der Waals surface area contributed by atoms with Gasteiger partial charge in [0, 0.05) is 26.2 Å². The van der Waals surface area contributed by atoms with Crippen LogP contribution in [0, 0.1) is 0 Å². The number of nitrogens with zero attached hydrogens (tertiary/aromatic N) is 2. The summed E-state index contributed by atoms with van der Waals surface area (Å²) < 4.78 is 12.6. The molecule has 1 heterocycles. The van der Waals surface area contributed by atoms with Gasteiger partial charge in [-0.2, -0.15) is 5.10 Å². The van der Waals surface area contributed by atoms with Gasteiger partial charge in [0.2, 0.25) is 0 Å². The van der Waals surface area contributed by atoms with E-state index in [1.165, 1.54) is 0 Å². The molecule has 0 radical (unpaired) electrons. The molecule has 0 aromatic carbocycles. The first-order valence-corrected chi connectivity index (χ1v) is 5.80. The van der Waals surface area contributed by atoms with Crippen LogP contribution in [0.25, 0.3) is 0 Å². The zero-order valence-electron chi connectivity index (χ0n) is 10.1. The third kappa shape index (κ3) is 5.14. The Morgan fingerprint density at radius 3 is 2.81 bits per heavy atom. The van der Waals surface area contributed by atoms with E-state index in [1.54, 1.807) is 6.20 Å². The quantitative estimate of drug-likeness (QED) is 0.637. The lowest BCUT2D eigenvalue weighted by Crippen LogP contribution is -2.24. The second-order valence-corrected chi connectivity index (χ2v) is 3.33. The number of nitrogens with one attached hydrogen (secondary N) is 1. The summed E-state index contributed by atoms with van der Waals surface area (Å²) >= 11 is 0. The summed E-state index contributed by atoms with van der Waals surface area (Å²) in [7, 11) is 0. The Hall–Kier alpha value is -1.07. The molecule has 0 atom stereocenters. The SMILES string of the molecule is CCOCCNCCOc1cnn(CC)c1. The van der Waals surface area contributed by atoms with E-state index in [9.17, 15) is 0 Å². The maximum Gasteiger partial charge on any atom is 0.157 e. The van der Waals surface area contributed by atoms with Crippen LogP contribution < -0.4 is 10.1 Å². The van der Waals surface area contributed by atoms with Gasteiger partial charge in [-0.3, -0.25) is 4.68 Å². The van der Waals surface area contributed by atoms with Gasteiger partial charge in [0.1, 0.15) is 6.61 Å². The fourth-order valence-corrected chi connectivity index (χ4v) is 1.25. The van der Waals surface area contributed by atoms with Gasteiger partial charge in [-0.1, -0.05) is 0 Å². The van der Waals surface area contributed by atoms with Crippen molar-refractivity contribution in [3.63, 3.8) is 0 Å². The highest BCUT2D eigenvalue weighted by Gasteiger charge is 1.97. The van der Waals surface area contributed by atoms with Crippen molar-refractivity contribution in [2.75, 3.05) is 32.9 Å². The first kappa shape index (κ1) is 13.0. The standard InChI is InChI=1S/C11H21N3O2/c1-3-14-10-11(9-13-14)16-8-6-12-5-7-15-4-2/h9-10,12H,3-8H2,1-2H3. The normalized spacial score (nSPS) is 10.6. The van der Waals surface area contributed by atoms with Gasteiger partial charge in [0.05, 0.1) is 19.0 Å². The minimum absolute atomic E-state index is 0.654. The second-order valence-electron chi connectivity index (χ2n) is 3.33. The highest BCUT2D eigenvalue weighted by atomic mass is 16.5. The van der Waals surface area contributed by atoms with Crippen LogP contribution in [0.3, 0.4) is 0 Å². The molecule has 5 nitrogen and oxygen atoms in total. The van der Waals surface area contributed by atoms with Crippen molar-refractivity contribution in [1.82, 2.24) is 15.1 Å². The summed E-state index contributed by atoms with van der Waals surface area (Å²) in [4.78, 5) is 0. The van der Waals surface area contributed by atoms with Gasteiger partial charge in [0.25, 0.3) is 0 Å². The molecule has 0 aliphatic rings. The molecule has 1 aromatic heterocycles. The minimum Gasteiger partial charge on any atom is -0.489 e. The molecule has 0 fully saturated rings. The van der Waals surface area contributed by atoms with Gasteiger partial charge in [-0.15, -0.1) is 0 Å². The van der Waals surface area contributed by atoms with E-state index in [1.807, 2.05) is 24.7 Å². The lowest BCUT2D eigenvalue weighted by atomic mass is 10.6. The van der Waals surface area contributed by atoms with Crippen LogP contribution in [-0.4, -0.2) is 42.7 Å². The van der Waals surface area contributed by atoms with Crippen molar-refractivity contribution in [1.29, 1.82) is 0 Å². The second kappa shape index (κ2) is 8.13. The molecule has 16 heavy (non-hydrogen) atoms. The maximum absolute atomic E-state index is 5.51. The highest BCUT2D eigenvalue weighted by molar-refractivity contribution is 5.11. The molecule has 0 saturated carbocycles. The summed E-state index contributed by atoms with van der Waals surface area (Å²) in [5.74, 6) is 0.827. The Kier molecular flexibility index (Phi) is 6.60. The molecule has 0 unspecified atom stereocenters. The van der Waals surface area contributed by atoms with Crippen molar-refractivity contribution >= 4 is 0 Å². The van der Waals surface area contributed by atoms with Crippen LogP contribution in [-0.2, 0) is 11.3 Å². The maximum atomic E-state index is 5.51. The monoisotopic (exact) mass is 227 g/mol. The average Bonchev–Trinajstić information content (AvgIpc) is 2.76. The van der Waals surface area contributed by atoms with Crippen LogP contribution in [0.2, 0.25) is 0 Å². The molecule has 0 bridgehead atoms. The molecule has 1 rings (SSSR count). The molecular weight excluding hydrogens is 206 g/mol. The zero-order valence-corrected chi connectivity index (χ0v) is 10.1. The summed E-state index contributed by atoms with van der Waals surface area (Å²) in [6.07, 6.45) is 3.64. The number of aryl methyl sites for hydroxylation is 1. The number of hydrogen-bond acceptors (Lipinski definition) is 4. The predicted octanol–water partition coefficient (Wildman–Crippen LogP) is 0.908. The van der Waals surface area contributed by atoms with E-state index in [0.29, 0.717) is 6.61 Å². The highest BCUT2D eigenvalue weighted by Crippen LogP contribution is 2.06. The minimum atomic E-state index is 0.654. The van der Waals surface area contributed by atoms with Crippen LogP contribution >= 0.6 is 0 Å². The Bertz CT molecular complexity index is 276. The van der Waals surface area contributed by atoms with Gasteiger partial charge in [-0.05, 0) is 13.8 Å². The molecular formula is C11H21N3O2. The average molecular weight is 227 g/mol. The summed E-state index contributed by atoms with van der Waals surface area (Å²) in [5.41, 5.74) is 0. The van der Waals surface area contributed by atoms with Crippen molar-refractivity contribution in [2.45, 2.75) is 20.4 Å². The van der Waals surface area contributed by atoms with Gasteiger partial charge in [-0.25, -0.2) is 0 Å². The first-order chi connectivity index (χ1) is 7.86. The van der Waals surface area contributed by atoms with Crippen molar-refractivity contribution in [3.8, 4) is 5.75 Å². The van der Waals surface area contributed by atoms with Gasteiger partial charge >= 0.3 is 0 Å². The molecule has 5 heteroatoms. The van der Waals surface area contributed by atoms with E-state index in [4.69, 9.17) is 9.47 Å². The topological polar surface area (TPSA) is 48.3 Å². The number of rotatable bonds is 9. The van der Waals surface area contributed by atoms with Gasteiger partial charge < -0.3 is 14.8 Å². The van der Waals surface area contributed by atoms with Crippen LogP contribution in [0.1, 0.15) is 13.8 Å². The molecule has 1 N–H and O–H groups in total. The Labute approximate surface area is 96.7 Å². The Morgan fingerprint density at radius 1 is 1.31 bits per heavy atom. The van der Waals surface area contributed by atoms with Crippen LogP contribution in [0.4, 0.5) is 0 Å². The lowest BCUT2D eigenvalue weighted by Gasteiger charge is -2.05. The lowest BCUT2D eigenvalue weighted by molar-refractivity contribution is 0.148. The summed E-state index contributed by atoms with van der Waals surface area (Å²) in [6.45, 7) is 8.78. The van der Waals surface area contributed by atoms with E-state index >= 15 is 0 Å².